The molecule has 2 aromatic rings. The highest BCUT2D eigenvalue weighted by atomic mass is 32.2. The molecule has 23 heavy (non-hydrogen) atoms. The Labute approximate surface area is 139 Å². The van der Waals surface area contributed by atoms with Gasteiger partial charge in [0.05, 0.1) is 10.8 Å². The van der Waals surface area contributed by atoms with Gasteiger partial charge in [-0.2, -0.15) is 0 Å². The van der Waals surface area contributed by atoms with E-state index in [9.17, 15) is 13.2 Å². The average Bonchev–Trinajstić information content (AvgIpc) is 2.98. The second-order valence-corrected chi connectivity index (χ2v) is 7.68. The van der Waals surface area contributed by atoms with E-state index in [0.29, 0.717) is 5.69 Å². The van der Waals surface area contributed by atoms with E-state index in [0.717, 1.165) is 0 Å². The minimum Gasteiger partial charge on any atom is -0.327 e. The fraction of sp³-hybridized carbons (Fsp3) is 0.286. The zero-order valence-electron chi connectivity index (χ0n) is 12.7. The van der Waals surface area contributed by atoms with Crippen LogP contribution >= 0.6 is 11.3 Å². The van der Waals surface area contributed by atoms with Crippen molar-refractivity contribution < 1.29 is 13.2 Å². The summed E-state index contributed by atoms with van der Waals surface area (Å²) in [7, 11) is -3.76. The molecule has 1 heterocycles. The Morgan fingerprint density at radius 1 is 1.35 bits per heavy atom. The van der Waals surface area contributed by atoms with Crippen molar-refractivity contribution in [3.63, 3.8) is 0 Å². The van der Waals surface area contributed by atoms with E-state index in [1.807, 2.05) is 0 Å². The predicted octanol–water partition coefficient (Wildman–Crippen LogP) is 1.87. The first-order valence-corrected chi connectivity index (χ1v) is 9.24. The Hall–Kier alpha value is -1.97. The third-order valence-corrected chi connectivity index (χ3v) is 5.42. The van der Waals surface area contributed by atoms with E-state index in [1.54, 1.807) is 31.4 Å². The number of nitrogens with one attached hydrogen (secondary N) is 2. The number of benzene rings is 1. The maximum absolute atomic E-state index is 12.3. The maximum Gasteiger partial charge on any atom is 0.263 e. The first kappa shape index (κ1) is 17.4. The average molecular weight is 354 g/mol. The minimum atomic E-state index is -3.76. The smallest absolute Gasteiger partial charge is 0.263 e. The predicted molar refractivity (Wildman–Crippen MR) is 90.8 cm³/mol. The van der Waals surface area contributed by atoms with Gasteiger partial charge < -0.3 is 11.1 Å². The lowest BCUT2D eigenvalue weighted by Crippen LogP contribution is -2.34. The molecular weight excluding hydrogens is 336 g/mol. The monoisotopic (exact) mass is 354 g/mol. The number of amides is 1. The van der Waals surface area contributed by atoms with E-state index < -0.39 is 10.0 Å². The van der Waals surface area contributed by atoms with Gasteiger partial charge in [0.2, 0.25) is 5.91 Å². The van der Waals surface area contributed by atoms with Crippen LogP contribution in [0.1, 0.15) is 13.8 Å². The van der Waals surface area contributed by atoms with Crippen LogP contribution in [0.5, 0.6) is 0 Å². The van der Waals surface area contributed by atoms with Crippen molar-refractivity contribution in [2.45, 2.75) is 24.8 Å². The van der Waals surface area contributed by atoms with Crippen molar-refractivity contribution in [1.29, 1.82) is 0 Å². The van der Waals surface area contributed by atoms with Gasteiger partial charge in [0.1, 0.15) is 0 Å². The maximum atomic E-state index is 12.3. The standard InChI is InChI=1S/C14H18N4O3S2/c1-9(10(2)15)13(19)17-11-4-3-5-12(8-11)23(20,21)18-14-16-6-7-22-14/h3-10H,15H2,1-2H3,(H,16,18)(H,17,19). The molecule has 0 saturated heterocycles. The quantitative estimate of drug-likeness (QED) is 0.732. The molecule has 1 amide bonds. The highest BCUT2D eigenvalue weighted by molar-refractivity contribution is 7.93. The topological polar surface area (TPSA) is 114 Å². The van der Waals surface area contributed by atoms with Crippen LogP contribution in [-0.2, 0) is 14.8 Å². The molecular formula is C14H18N4O3S2. The molecule has 0 aliphatic rings. The number of rotatable bonds is 6. The normalized spacial score (nSPS) is 14.0. The van der Waals surface area contributed by atoms with E-state index in [4.69, 9.17) is 5.73 Å². The summed E-state index contributed by atoms with van der Waals surface area (Å²) in [5.74, 6) is -0.647. The molecule has 2 rings (SSSR count). The van der Waals surface area contributed by atoms with Crippen LogP contribution in [0.15, 0.2) is 40.7 Å². The lowest BCUT2D eigenvalue weighted by molar-refractivity contribution is -0.119. The Kier molecular flexibility index (Phi) is 5.34. The number of sulfonamides is 1. The summed E-state index contributed by atoms with van der Waals surface area (Å²) in [6, 6.07) is 5.72. The Balaban J connectivity index is 2.18. The van der Waals surface area contributed by atoms with E-state index >= 15 is 0 Å². The molecule has 0 saturated carbocycles. The fourth-order valence-electron chi connectivity index (χ4n) is 1.68. The molecule has 7 nitrogen and oxygen atoms in total. The van der Waals surface area contributed by atoms with Gasteiger partial charge in [0.15, 0.2) is 5.13 Å². The molecule has 4 N–H and O–H groups in total. The van der Waals surface area contributed by atoms with Gasteiger partial charge in [-0.15, -0.1) is 11.3 Å². The van der Waals surface area contributed by atoms with Gasteiger partial charge in [-0.05, 0) is 25.1 Å². The van der Waals surface area contributed by atoms with Gasteiger partial charge in [-0.1, -0.05) is 13.0 Å². The summed E-state index contributed by atoms with van der Waals surface area (Å²) in [6.45, 7) is 3.45. The molecule has 0 fully saturated rings. The van der Waals surface area contributed by atoms with Crippen molar-refractivity contribution in [2.75, 3.05) is 10.0 Å². The first-order valence-electron chi connectivity index (χ1n) is 6.88. The van der Waals surface area contributed by atoms with Crippen molar-refractivity contribution in [1.82, 2.24) is 4.98 Å². The Bertz CT molecular complexity index is 773. The zero-order valence-corrected chi connectivity index (χ0v) is 14.3. The number of nitrogens with two attached hydrogens (primary N) is 1. The molecule has 9 heteroatoms. The summed E-state index contributed by atoms with van der Waals surface area (Å²) >= 11 is 1.18. The molecule has 0 aliphatic carbocycles. The molecule has 2 atom stereocenters. The summed E-state index contributed by atoms with van der Waals surface area (Å²) < 4.78 is 27.0. The third kappa shape index (κ3) is 4.50. The van der Waals surface area contributed by atoms with E-state index in [-0.39, 0.29) is 27.9 Å². The Morgan fingerprint density at radius 2 is 2.09 bits per heavy atom. The molecule has 1 aromatic heterocycles. The van der Waals surface area contributed by atoms with Gasteiger partial charge in [-0.25, -0.2) is 13.4 Å². The zero-order chi connectivity index (χ0) is 17.0. The van der Waals surface area contributed by atoms with Crippen LogP contribution in [0.25, 0.3) is 0 Å². The second-order valence-electron chi connectivity index (χ2n) is 5.11. The summed E-state index contributed by atoms with van der Waals surface area (Å²) in [5, 5.41) is 4.62. The van der Waals surface area contributed by atoms with Crippen LogP contribution in [0.3, 0.4) is 0 Å². The molecule has 124 valence electrons. The van der Waals surface area contributed by atoms with Crippen LogP contribution < -0.4 is 15.8 Å². The van der Waals surface area contributed by atoms with Crippen molar-refractivity contribution >= 4 is 38.1 Å². The molecule has 0 radical (unpaired) electrons. The minimum absolute atomic E-state index is 0.0407. The largest absolute Gasteiger partial charge is 0.327 e. The van der Waals surface area contributed by atoms with Gasteiger partial charge in [0.25, 0.3) is 10.0 Å². The molecule has 2 unspecified atom stereocenters. The van der Waals surface area contributed by atoms with Crippen molar-refractivity contribution in [2.24, 2.45) is 11.7 Å². The number of carbonyl (C=O) groups excluding carboxylic acids is 1. The SMILES string of the molecule is CC(N)C(C)C(=O)Nc1cccc(S(=O)(=O)Nc2nccs2)c1. The lowest BCUT2D eigenvalue weighted by atomic mass is 10.0. The summed E-state index contributed by atoms with van der Waals surface area (Å²) in [6.07, 6.45) is 1.51. The van der Waals surface area contributed by atoms with Crippen LogP contribution in [0, 0.1) is 5.92 Å². The molecule has 0 spiro atoms. The number of aromatic nitrogens is 1. The Morgan fingerprint density at radius 3 is 2.70 bits per heavy atom. The first-order chi connectivity index (χ1) is 10.8. The molecule has 0 aliphatic heterocycles. The van der Waals surface area contributed by atoms with Gasteiger partial charge in [0, 0.05) is 23.3 Å². The highest BCUT2D eigenvalue weighted by Crippen LogP contribution is 2.21. The number of carbonyl (C=O) groups is 1. The van der Waals surface area contributed by atoms with Crippen molar-refractivity contribution in [3.05, 3.63) is 35.8 Å². The summed E-state index contributed by atoms with van der Waals surface area (Å²) in [4.78, 5) is 15.9. The number of thiazole rings is 1. The lowest BCUT2D eigenvalue weighted by Gasteiger charge is -2.15. The van der Waals surface area contributed by atoms with Crippen LogP contribution in [-0.4, -0.2) is 25.4 Å². The number of anilines is 2. The van der Waals surface area contributed by atoms with Gasteiger partial charge in [-0.3, -0.25) is 9.52 Å². The number of nitrogens with zero attached hydrogens (tertiary/aromatic N) is 1. The van der Waals surface area contributed by atoms with Gasteiger partial charge >= 0.3 is 0 Å². The number of hydrogen-bond donors (Lipinski definition) is 3. The van der Waals surface area contributed by atoms with Crippen LogP contribution in [0.2, 0.25) is 0 Å². The highest BCUT2D eigenvalue weighted by Gasteiger charge is 2.19. The molecule has 0 bridgehead atoms. The summed E-state index contributed by atoms with van der Waals surface area (Å²) in [5.41, 5.74) is 6.09. The second kappa shape index (κ2) is 7.07. The van der Waals surface area contributed by atoms with E-state index in [2.05, 4.69) is 15.0 Å². The fourth-order valence-corrected chi connectivity index (χ4v) is 3.52. The van der Waals surface area contributed by atoms with Crippen molar-refractivity contribution in [3.8, 4) is 0 Å². The van der Waals surface area contributed by atoms with Crippen LogP contribution in [0.4, 0.5) is 10.8 Å². The third-order valence-electron chi connectivity index (χ3n) is 3.27. The van der Waals surface area contributed by atoms with E-state index in [1.165, 1.54) is 29.7 Å². The molecule has 1 aromatic carbocycles. The number of hydrogen-bond acceptors (Lipinski definition) is 6.